The highest BCUT2D eigenvalue weighted by atomic mass is 32.1. The summed E-state index contributed by atoms with van der Waals surface area (Å²) < 4.78 is 2.76. The fourth-order valence-electron chi connectivity index (χ4n) is 13.8. The summed E-state index contributed by atoms with van der Waals surface area (Å²) in [5, 5.41) is 39.9. The molecule has 3 aliphatic rings. The summed E-state index contributed by atoms with van der Waals surface area (Å²) in [5.74, 6) is 0.904. The van der Waals surface area contributed by atoms with E-state index in [0.29, 0.717) is 11.8 Å². The predicted molar refractivity (Wildman–Crippen MR) is 253 cm³/mol. The Kier molecular flexibility index (Phi) is 4.23. The Morgan fingerprint density at radius 3 is 1.30 bits per heavy atom. The largest absolute Gasteiger partial charge is 0.135 e. The minimum atomic E-state index is 0.450. The van der Waals surface area contributed by atoms with Gasteiger partial charge in [-0.3, -0.25) is 0 Å². The summed E-state index contributed by atoms with van der Waals surface area (Å²) in [6.07, 6.45) is 5.08. The molecule has 0 saturated carbocycles. The quantitative estimate of drug-likeness (QED) is 0.108. The lowest BCUT2D eigenvalue weighted by molar-refractivity contribution is 0.755. The molecular weight excluding hydrogens is 703 g/mol. The van der Waals surface area contributed by atoms with Crippen molar-refractivity contribution in [3.05, 3.63) is 125 Å². The van der Waals surface area contributed by atoms with Crippen molar-refractivity contribution in [2.75, 3.05) is 0 Å². The number of allylic oxidation sites excluding steroid dienone is 1. The highest BCUT2D eigenvalue weighted by molar-refractivity contribution is 7.25. The third kappa shape index (κ3) is 2.61. The number of thiophene rings is 1. The van der Waals surface area contributed by atoms with Gasteiger partial charge in [0.2, 0.25) is 0 Å². The SMILES string of the molecule is C1=CC2c3ccc4c5ccc6c7ccc8c9ccc%10c1c1c%11c%10c9c9c8c7c7c6c5c5c4c3c(c3c%11c9c7c35)C12.CB(C)C.c1ccc2c(c1)sc1ccccc12. The van der Waals surface area contributed by atoms with E-state index in [9.17, 15) is 0 Å². The van der Waals surface area contributed by atoms with Gasteiger partial charge in [-0.1, -0.05) is 118 Å². The molecule has 2 atom stereocenters. The maximum Gasteiger partial charge on any atom is 0.130 e. The molecule has 57 heavy (non-hydrogen) atoms. The van der Waals surface area contributed by atoms with Gasteiger partial charge in [0.05, 0.1) is 0 Å². The van der Waals surface area contributed by atoms with Gasteiger partial charge in [-0.2, -0.15) is 0 Å². The lowest BCUT2D eigenvalue weighted by atomic mass is 9.58. The molecule has 15 aromatic carbocycles. The molecule has 258 valence electrons. The first kappa shape index (κ1) is 28.2. The standard InChI is InChI=1S/C40H12.C12H8S.C3H9B/c1-2-12-14-5-6-16-18-9-10-20-19-8-7-17-15-4-3-13-11(1)21-22(12)32-24(14)26(16)34-29(18)30(20)35-28(19)27(17)33-25(15)23(13)31(21)36-37(32)39(34)40(35)38(33)36;1-3-7-11-9(5-1)10-6-2-4-8-12(10)13-11;1-4(2)3/h1-11,21H;1-8H;1-3H3. The van der Waals surface area contributed by atoms with Crippen molar-refractivity contribution in [2.24, 2.45) is 0 Å². The molecule has 0 fully saturated rings. The molecule has 0 N–H and O–H groups in total. The Balaban J connectivity index is 0.000000147. The van der Waals surface area contributed by atoms with Crippen LogP contribution in [0.1, 0.15) is 34.1 Å². The van der Waals surface area contributed by atoms with E-state index in [2.05, 4.69) is 130 Å². The molecule has 1 heterocycles. The van der Waals surface area contributed by atoms with E-state index in [4.69, 9.17) is 0 Å². The lowest BCUT2D eigenvalue weighted by Gasteiger charge is -2.27. The van der Waals surface area contributed by atoms with Crippen LogP contribution < -0.4 is 0 Å². The van der Waals surface area contributed by atoms with E-state index in [1.807, 2.05) is 11.3 Å². The van der Waals surface area contributed by atoms with Crippen LogP contribution in [0, 0.1) is 0 Å². The molecule has 3 aliphatic carbocycles. The Morgan fingerprint density at radius 2 is 0.754 bits per heavy atom. The molecule has 0 radical (unpaired) electrons. The molecule has 0 saturated heterocycles. The van der Waals surface area contributed by atoms with Gasteiger partial charge in [-0.05, 0) is 164 Å². The van der Waals surface area contributed by atoms with Gasteiger partial charge in [0.15, 0.2) is 0 Å². The maximum atomic E-state index is 2.57. The highest BCUT2D eigenvalue weighted by Gasteiger charge is 2.47. The summed E-state index contributed by atoms with van der Waals surface area (Å²) in [6.45, 7) is 7.33. The number of rotatable bonds is 0. The van der Waals surface area contributed by atoms with Crippen LogP contribution in [0.5, 0.6) is 0 Å². The molecule has 0 aliphatic heterocycles. The van der Waals surface area contributed by atoms with E-state index < -0.39 is 0 Å². The topological polar surface area (TPSA) is 0 Å². The molecule has 2 unspecified atom stereocenters. The third-order valence-corrected chi connectivity index (χ3v) is 16.4. The molecule has 19 rings (SSSR count). The zero-order valence-electron chi connectivity index (χ0n) is 31.5. The minimum Gasteiger partial charge on any atom is -0.135 e. The summed E-state index contributed by atoms with van der Waals surface area (Å²) >= 11 is 1.86. The van der Waals surface area contributed by atoms with E-state index in [0.717, 1.165) is 6.71 Å². The monoisotopic (exact) mass is 732 g/mol. The number of benzene rings is 10. The van der Waals surface area contributed by atoms with E-state index >= 15 is 0 Å². The molecular formula is C55H29BS. The maximum absolute atomic E-state index is 2.57. The van der Waals surface area contributed by atoms with Crippen LogP contribution in [0.2, 0.25) is 20.5 Å². The molecule has 0 nitrogen and oxygen atoms in total. The first-order valence-electron chi connectivity index (χ1n) is 20.8. The van der Waals surface area contributed by atoms with Gasteiger partial charge in [-0.25, -0.2) is 0 Å². The van der Waals surface area contributed by atoms with Gasteiger partial charge in [-0.15, -0.1) is 11.3 Å². The lowest BCUT2D eigenvalue weighted by Crippen LogP contribution is -2.11. The number of hydrogen-bond acceptors (Lipinski definition) is 1. The van der Waals surface area contributed by atoms with Gasteiger partial charge in [0.25, 0.3) is 0 Å². The van der Waals surface area contributed by atoms with Crippen LogP contribution in [0.4, 0.5) is 0 Å². The van der Waals surface area contributed by atoms with Crippen molar-refractivity contribution in [2.45, 2.75) is 32.3 Å². The van der Waals surface area contributed by atoms with Crippen molar-refractivity contribution in [3.8, 4) is 0 Å². The minimum absolute atomic E-state index is 0.450. The number of fused-ring (bicyclic) bond motifs is 8. The van der Waals surface area contributed by atoms with Crippen molar-refractivity contribution in [1.82, 2.24) is 0 Å². The molecule has 0 spiro atoms. The van der Waals surface area contributed by atoms with Crippen molar-refractivity contribution in [3.63, 3.8) is 0 Å². The smallest absolute Gasteiger partial charge is 0.130 e. The van der Waals surface area contributed by atoms with Gasteiger partial charge < -0.3 is 0 Å². The van der Waals surface area contributed by atoms with E-state index in [1.165, 1.54) is 63.4 Å². The Labute approximate surface area is 329 Å². The van der Waals surface area contributed by atoms with Crippen LogP contribution in [-0.2, 0) is 0 Å². The second-order valence-corrected chi connectivity index (χ2v) is 19.6. The van der Waals surface area contributed by atoms with Crippen molar-refractivity contribution >= 4 is 174 Å². The van der Waals surface area contributed by atoms with E-state index in [1.54, 1.807) is 108 Å². The average molecular weight is 733 g/mol. The molecule has 2 heteroatoms. The van der Waals surface area contributed by atoms with Crippen LogP contribution in [0.15, 0.2) is 103 Å². The second-order valence-electron chi connectivity index (χ2n) is 18.5. The first-order valence-corrected chi connectivity index (χ1v) is 21.7. The van der Waals surface area contributed by atoms with Gasteiger partial charge in [0.1, 0.15) is 6.71 Å². The predicted octanol–water partition coefficient (Wildman–Crippen LogP) is 16.5. The molecule has 0 bridgehead atoms. The molecule has 1 aromatic heterocycles. The Morgan fingerprint density at radius 1 is 0.368 bits per heavy atom. The van der Waals surface area contributed by atoms with Crippen LogP contribution in [0.3, 0.4) is 0 Å². The highest BCUT2D eigenvalue weighted by Crippen LogP contribution is 2.71. The summed E-state index contributed by atoms with van der Waals surface area (Å²) in [7, 11) is 0. The Hall–Kier alpha value is -6.22. The van der Waals surface area contributed by atoms with Crippen LogP contribution in [-0.4, -0.2) is 6.71 Å². The van der Waals surface area contributed by atoms with E-state index in [-0.39, 0.29) is 0 Å². The van der Waals surface area contributed by atoms with Gasteiger partial charge in [0, 0.05) is 32.0 Å². The fraction of sp³-hybridized carbons (Fsp3) is 0.0909. The van der Waals surface area contributed by atoms with Crippen molar-refractivity contribution < 1.29 is 0 Å². The van der Waals surface area contributed by atoms with Crippen LogP contribution >= 0.6 is 11.3 Å². The summed E-state index contributed by atoms with van der Waals surface area (Å²) in [6, 6.07) is 36.9. The van der Waals surface area contributed by atoms with Gasteiger partial charge >= 0.3 is 0 Å². The number of hydrogen-bond donors (Lipinski definition) is 0. The molecule has 16 aromatic rings. The molecule has 0 amide bonds. The van der Waals surface area contributed by atoms with Crippen LogP contribution in [0.25, 0.3) is 156 Å². The fourth-order valence-corrected chi connectivity index (χ4v) is 14.9. The zero-order valence-corrected chi connectivity index (χ0v) is 32.3. The third-order valence-electron chi connectivity index (χ3n) is 15.2. The zero-order chi connectivity index (χ0) is 36.6. The summed E-state index contributed by atoms with van der Waals surface area (Å²) in [5.41, 5.74) is 6.41. The summed E-state index contributed by atoms with van der Waals surface area (Å²) in [4.78, 5) is 0. The normalized spacial score (nSPS) is 17.3. The first-order chi connectivity index (χ1) is 28.1. The van der Waals surface area contributed by atoms with Crippen molar-refractivity contribution in [1.29, 1.82) is 0 Å². The Bertz CT molecular complexity index is 4370. The second kappa shape index (κ2) is 8.54. The average Bonchev–Trinajstić information content (AvgIpc) is 4.08.